The highest BCUT2D eigenvalue weighted by Gasteiger charge is 2.20. The van der Waals surface area contributed by atoms with Crippen LogP contribution < -0.4 is 0 Å². The van der Waals surface area contributed by atoms with Gasteiger partial charge in [0.25, 0.3) is 0 Å². The van der Waals surface area contributed by atoms with Crippen molar-refractivity contribution < 1.29 is 28.6 Å². The summed E-state index contributed by atoms with van der Waals surface area (Å²) in [4.78, 5) is 38.5. The van der Waals surface area contributed by atoms with Crippen molar-refractivity contribution in [3.63, 3.8) is 0 Å². The summed E-state index contributed by atoms with van der Waals surface area (Å²) in [6, 6.07) is 0. The number of rotatable bonds is 70. The molecule has 1 atom stereocenters. The van der Waals surface area contributed by atoms with Crippen LogP contribution in [0.25, 0.3) is 0 Å². The molecular formula is C77H144O6. The fourth-order valence-electron chi connectivity index (χ4n) is 11.5. The molecule has 0 aromatic carbocycles. The largest absolute Gasteiger partial charge is 0.462 e. The molecule has 0 spiro atoms. The highest BCUT2D eigenvalue weighted by Crippen LogP contribution is 2.19. The number of carbonyl (C=O) groups excluding carboxylic acids is 3. The third-order valence-corrected chi connectivity index (χ3v) is 17.1. The van der Waals surface area contributed by atoms with Crippen molar-refractivity contribution in [2.45, 2.75) is 425 Å². The van der Waals surface area contributed by atoms with Crippen molar-refractivity contribution >= 4 is 17.9 Å². The molecule has 6 heteroatoms. The predicted octanol–water partition coefficient (Wildman–Crippen LogP) is 25.9. The fraction of sp³-hybridized carbons (Fsp3) is 0.883. The molecule has 488 valence electrons. The molecule has 0 aromatic heterocycles. The standard InChI is InChI=1S/C77H144O6/c1-4-7-10-13-16-19-22-25-28-31-33-35-37-38-40-41-43-46-49-52-55-58-61-64-67-70-76(79)82-73-74(72-81-75(78)69-66-63-60-57-54-51-48-45-30-27-24-21-18-15-12-9-6-3)83-77(80)71-68-65-62-59-56-53-50-47-44-42-39-36-34-32-29-26-23-20-17-14-11-8-5-2/h22,25,27,30-31,33,74H,4-21,23-24,26,28-29,32,34-73H2,1-3H3/b25-22-,30-27-,33-31-. The number of esters is 3. The van der Waals surface area contributed by atoms with Crippen LogP contribution in [0, 0.1) is 0 Å². The topological polar surface area (TPSA) is 78.9 Å². The predicted molar refractivity (Wildman–Crippen MR) is 362 cm³/mol. The molecule has 0 fully saturated rings. The van der Waals surface area contributed by atoms with Crippen molar-refractivity contribution in [3.05, 3.63) is 36.5 Å². The minimum atomic E-state index is -0.773. The van der Waals surface area contributed by atoms with Gasteiger partial charge in [-0.25, -0.2) is 0 Å². The first-order valence-electron chi connectivity index (χ1n) is 37.5. The van der Waals surface area contributed by atoms with E-state index in [0.717, 1.165) is 64.2 Å². The zero-order valence-electron chi connectivity index (χ0n) is 56.2. The van der Waals surface area contributed by atoms with E-state index < -0.39 is 6.10 Å². The number of allylic oxidation sites excluding steroid dienone is 6. The Morgan fingerprint density at radius 3 is 0.675 bits per heavy atom. The zero-order valence-corrected chi connectivity index (χ0v) is 56.2. The summed E-state index contributed by atoms with van der Waals surface area (Å²) in [5, 5.41) is 0. The Morgan fingerprint density at radius 2 is 0.434 bits per heavy atom. The van der Waals surface area contributed by atoms with Crippen molar-refractivity contribution in [1.82, 2.24) is 0 Å². The Balaban J connectivity index is 4.28. The summed E-state index contributed by atoms with van der Waals surface area (Å²) in [6.45, 7) is 6.71. The van der Waals surface area contributed by atoms with Gasteiger partial charge in [0, 0.05) is 19.3 Å². The van der Waals surface area contributed by atoms with Crippen LogP contribution in [0.4, 0.5) is 0 Å². The van der Waals surface area contributed by atoms with Gasteiger partial charge >= 0.3 is 17.9 Å². The number of hydrogen-bond acceptors (Lipinski definition) is 6. The van der Waals surface area contributed by atoms with Gasteiger partial charge in [-0.3, -0.25) is 14.4 Å². The van der Waals surface area contributed by atoms with E-state index in [1.54, 1.807) is 0 Å². The van der Waals surface area contributed by atoms with E-state index in [9.17, 15) is 14.4 Å². The zero-order chi connectivity index (χ0) is 59.9. The van der Waals surface area contributed by atoms with Crippen LogP contribution in [0.1, 0.15) is 419 Å². The van der Waals surface area contributed by atoms with Gasteiger partial charge < -0.3 is 14.2 Å². The molecule has 0 heterocycles. The summed E-state index contributed by atoms with van der Waals surface area (Å²) in [5.41, 5.74) is 0. The van der Waals surface area contributed by atoms with Gasteiger partial charge in [-0.15, -0.1) is 0 Å². The molecule has 0 saturated carbocycles. The van der Waals surface area contributed by atoms with Gasteiger partial charge in [-0.05, 0) is 77.0 Å². The molecule has 0 rings (SSSR count). The van der Waals surface area contributed by atoms with E-state index >= 15 is 0 Å². The third-order valence-electron chi connectivity index (χ3n) is 17.1. The lowest BCUT2D eigenvalue weighted by Crippen LogP contribution is -2.30. The smallest absolute Gasteiger partial charge is 0.306 e. The first-order chi connectivity index (χ1) is 41.0. The van der Waals surface area contributed by atoms with E-state index in [0.29, 0.717) is 19.3 Å². The minimum absolute atomic E-state index is 0.0685. The average Bonchev–Trinajstić information content (AvgIpc) is 3.49. The lowest BCUT2D eigenvalue weighted by Gasteiger charge is -2.18. The molecule has 0 bridgehead atoms. The van der Waals surface area contributed by atoms with Crippen LogP contribution in [0.15, 0.2) is 36.5 Å². The molecule has 0 aromatic rings. The van der Waals surface area contributed by atoms with E-state index in [1.807, 2.05) is 0 Å². The normalized spacial score (nSPS) is 12.2. The van der Waals surface area contributed by atoms with Gasteiger partial charge in [-0.1, -0.05) is 359 Å². The Hall–Kier alpha value is -2.37. The SMILES string of the molecule is CCCCCCC/C=C\C/C=C\CCCCCCCCCCCCCCCC(=O)OCC(COC(=O)CCCCCCCCC/C=C\CCCCCCCC)OC(=O)CCCCCCCCCCCCCCCCCCCCCCCCC. The number of hydrogen-bond donors (Lipinski definition) is 0. The summed E-state index contributed by atoms with van der Waals surface area (Å²) in [5.74, 6) is -0.840. The first-order valence-corrected chi connectivity index (χ1v) is 37.5. The third kappa shape index (κ3) is 70.3. The lowest BCUT2D eigenvalue weighted by atomic mass is 10.0. The Labute approximate surface area is 518 Å². The summed E-state index contributed by atoms with van der Waals surface area (Å²) < 4.78 is 17.0. The van der Waals surface area contributed by atoms with E-state index in [-0.39, 0.29) is 31.1 Å². The molecule has 0 radical (unpaired) electrons. The minimum Gasteiger partial charge on any atom is -0.462 e. The molecule has 0 aliphatic carbocycles. The van der Waals surface area contributed by atoms with Crippen LogP contribution >= 0.6 is 0 Å². The second-order valence-electron chi connectivity index (χ2n) is 25.6. The van der Waals surface area contributed by atoms with Gasteiger partial charge in [0.05, 0.1) is 0 Å². The molecule has 0 amide bonds. The highest BCUT2D eigenvalue weighted by atomic mass is 16.6. The van der Waals surface area contributed by atoms with E-state index in [4.69, 9.17) is 14.2 Å². The van der Waals surface area contributed by atoms with Crippen LogP contribution in [-0.4, -0.2) is 37.2 Å². The fourth-order valence-corrected chi connectivity index (χ4v) is 11.5. The van der Waals surface area contributed by atoms with Gasteiger partial charge in [0.1, 0.15) is 13.2 Å². The number of unbranched alkanes of at least 4 members (excludes halogenated alkanes) is 53. The molecule has 6 nitrogen and oxygen atoms in total. The van der Waals surface area contributed by atoms with Gasteiger partial charge in [0.2, 0.25) is 0 Å². The molecule has 0 aliphatic rings. The van der Waals surface area contributed by atoms with Crippen LogP contribution in [-0.2, 0) is 28.6 Å². The molecule has 0 saturated heterocycles. The molecule has 0 N–H and O–H groups in total. The van der Waals surface area contributed by atoms with E-state index in [1.165, 1.54) is 315 Å². The Bertz CT molecular complexity index is 1380. The number of ether oxygens (including phenoxy) is 3. The maximum absolute atomic E-state index is 13.0. The van der Waals surface area contributed by atoms with Crippen molar-refractivity contribution in [2.24, 2.45) is 0 Å². The maximum atomic E-state index is 13.0. The van der Waals surface area contributed by atoms with E-state index in [2.05, 4.69) is 57.2 Å². The monoisotopic (exact) mass is 1170 g/mol. The van der Waals surface area contributed by atoms with Crippen LogP contribution in [0.2, 0.25) is 0 Å². The summed E-state index contributed by atoms with van der Waals surface area (Å²) in [7, 11) is 0. The summed E-state index contributed by atoms with van der Waals surface area (Å²) >= 11 is 0. The maximum Gasteiger partial charge on any atom is 0.306 e. The second kappa shape index (κ2) is 72.1. The van der Waals surface area contributed by atoms with Crippen molar-refractivity contribution in [3.8, 4) is 0 Å². The molecule has 83 heavy (non-hydrogen) atoms. The van der Waals surface area contributed by atoms with Crippen LogP contribution in [0.3, 0.4) is 0 Å². The van der Waals surface area contributed by atoms with Gasteiger partial charge in [-0.2, -0.15) is 0 Å². The summed E-state index contributed by atoms with van der Waals surface area (Å²) in [6.07, 6.45) is 90.4. The molecular weight excluding hydrogens is 1020 g/mol. The first kappa shape index (κ1) is 80.6. The highest BCUT2D eigenvalue weighted by molar-refractivity contribution is 5.71. The Morgan fingerprint density at radius 1 is 0.241 bits per heavy atom. The Kier molecular flexibility index (Phi) is 70.0. The molecule has 1 unspecified atom stereocenters. The quantitative estimate of drug-likeness (QED) is 0.0261. The van der Waals surface area contributed by atoms with Crippen molar-refractivity contribution in [1.29, 1.82) is 0 Å². The van der Waals surface area contributed by atoms with Gasteiger partial charge in [0.15, 0.2) is 6.10 Å². The van der Waals surface area contributed by atoms with Crippen LogP contribution in [0.5, 0.6) is 0 Å². The second-order valence-corrected chi connectivity index (χ2v) is 25.6. The average molecular weight is 1170 g/mol. The lowest BCUT2D eigenvalue weighted by molar-refractivity contribution is -0.167. The number of carbonyl (C=O) groups is 3. The van der Waals surface area contributed by atoms with Crippen molar-refractivity contribution in [2.75, 3.05) is 13.2 Å². The molecule has 0 aliphatic heterocycles.